The van der Waals surface area contributed by atoms with Crippen LogP contribution < -0.4 is 27.0 Å². The van der Waals surface area contributed by atoms with E-state index >= 15 is 0 Å². The number of rotatable bonds is 9. The van der Waals surface area contributed by atoms with Crippen LogP contribution in [0.15, 0.2) is 53.7 Å². The van der Waals surface area contributed by atoms with E-state index in [1.807, 2.05) is 12.1 Å². The number of imide groups is 1. The molecule has 2 heterocycles. The summed E-state index contributed by atoms with van der Waals surface area (Å²) in [4.78, 5) is 55.3. The molecular formula is C28H33F2N7O4. The Labute approximate surface area is 236 Å². The number of nitrogens with one attached hydrogen (secondary N) is 2. The van der Waals surface area contributed by atoms with Crippen molar-refractivity contribution in [2.45, 2.75) is 25.8 Å². The lowest BCUT2D eigenvalue weighted by Crippen LogP contribution is -2.55. The van der Waals surface area contributed by atoms with Crippen LogP contribution >= 0.6 is 0 Å². The van der Waals surface area contributed by atoms with Crippen LogP contribution in [-0.4, -0.2) is 72.9 Å². The molecule has 6 amide bonds. The van der Waals surface area contributed by atoms with Crippen molar-refractivity contribution < 1.29 is 28.0 Å². The van der Waals surface area contributed by atoms with E-state index < -0.39 is 41.6 Å². The summed E-state index contributed by atoms with van der Waals surface area (Å²) in [6.07, 6.45) is 0.744. The molecule has 1 saturated heterocycles. The second-order valence-electron chi connectivity index (χ2n) is 9.77. The summed E-state index contributed by atoms with van der Waals surface area (Å²) < 4.78 is 28.5. The van der Waals surface area contributed by atoms with Crippen molar-refractivity contribution in [3.05, 3.63) is 76.5 Å². The Kier molecular flexibility index (Phi) is 9.17. The van der Waals surface area contributed by atoms with Crippen molar-refractivity contribution in [3.63, 3.8) is 0 Å². The Balaban J connectivity index is 1.38. The zero-order valence-electron chi connectivity index (χ0n) is 22.7. The van der Waals surface area contributed by atoms with E-state index in [9.17, 15) is 28.0 Å². The van der Waals surface area contributed by atoms with Gasteiger partial charge in [0.1, 0.15) is 17.7 Å². The molecule has 0 saturated carbocycles. The zero-order chi connectivity index (χ0) is 29.7. The fraction of sp³-hybridized carbons (Fsp3) is 0.357. The molecule has 4 rings (SSSR count). The van der Waals surface area contributed by atoms with E-state index in [0.717, 1.165) is 30.9 Å². The van der Waals surface area contributed by atoms with E-state index in [4.69, 9.17) is 11.5 Å². The highest BCUT2D eigenvalue weighted by molar-refractivity contribution is 6.03. The number of piperazine rings is 1. The summed E-state index contributed by atoms with van der Waals surface area (Å²) in [7, 11) is 0. The molecule has 41 heavy (non-hydrogen) atoms. The molecule has 0 aliphatic carbocycles. The molecule has 13 heteroatoms. The second kappa shape index (κ2) is 12.8. The van der Waals surface area contributed by atoms with Gasteiger partial charge in [0, 0.05) is 55.7 Å². The van der Waals surface area contributed by atoms with E-state index in [1.165, 1.54) is 0 Å². The van der Waals surface area contributed by atoms with Crippen molar-refractivity contribution in [1.29, 1.82) is 0 Å². The first-order valence-electron chi connectivity index (χ1n) is 13.3. The van der Waals surface area contributed by atoms with Crippen molar-refractivity contribution in [2.24, 2.45) is 11.5 Å². The summed E-state index contributed by atoms with van der Waals surface area (Å²) in [5.74, 6) is -3.28. The van der Waals surface area contributed by atoms with Gasteiger partial charge >= 0.3 is 12.1 Å². The minimum atomic E-state index is -1.46. The number of nitrogens with two attached hydrogens (primary N) is 2. The molecule has 0 bridgehead atoms. The molecule has 1 unspecified atom stereocenters. The van der Waals surface area contributed by atoms with Gasteiger partial charge in [-0.05, 0) is 37.6 Å². The molecule has 0 aromatic heterocycles. The van der Waals surface area contributed by atoms with E-state index in [1.54, 1.807) is 19.1 Å². The predicted molar refractivity (Wildman–Crippen MR) is 148 cm³/mol. The lowest BCUT2D eigenvalue weighted by atomic mass is 9.92. The average Bonchev–Trinajstić information content (AvgIpc) is 2.94. The van der Waals surface area contributed by atoms with Gasteiger partial charge in [0.2, 0.25) is 5.91 Å². The van der Waals surface area contributed by atoms with Gasteiger partial charge in [-0.3, -0.25) is 14.5 Å². The lowest BCUT2D eigenvalue weighted by Gasteiger charge is -2.37. The molecule has 11 nitrogen and oxygen atoms in total. The maximum Gasteiger partial charge on any atom is 0.330 e. The quantitative estimate of drug-likeness (QED) is 0.340. The monoisotopic (exact) mass is 569 g/mol. The minimum Gasteiger partial charge on any atom is -0.368 e. The number of halogens is 2. The number of carbonyl (C=O) groups excluding carboxylic acids is 4. The maximum atomic E-state index is 14.8. The number of urea groups is 2. The largest absolute Gasteiger partial charge is 0.368 e. The number of carbonyl (C=O) groups is 4. The summed E-state index contributed by atoms with van der Waals surface area (Å²) >= 11 is 0. The topological polar surface area (TPSA) is 154 Å². The standard InChI is InChI=1S/C28H33F2N7O4/c1-2-21-23(26(32)39)24(18-9-8-17(29)16-20(18)30)37(28(41)34-21)27(40)33-10-5-11-35-12-14-36(15-13-35)22-7-4-3-6-19(22)25(31)38/h3-4,6-9,16,24H,2,5,10-15H2,1H3,(H2,31,38)(H2,32,39)(H,33,40)(H,34,41). The molecule has 2 aliphatic heterocycles. The third-order valence-corrected chi connectivity index (χ3v) is 7.24. The van der Waals surface area contributed by atoms with Gasteiger partial charge in [-0.25, -0.2) is 23.3 Å². The number of allylic oxidation sites excluding steroid dienone is 1. The van der Waals surface area contributed by atoms with Gasteiger partial charge in [-0.1, -0.05) is 25.1 Å². The first kappa shape index (κ1) is 29.5. The first-order valence-corrected chi connectivity index (χ1v) is 13.3. The molecule has 0 radical (unpaired) electrons. The average molecular weight is 570 g/mol. The van der Waals surface area contributed by atoms with Crippen LogP contribution in [0.1, 0.15) is 41.7 Å². The predicted octanol–water partition coefficient (Wildman–Crippen LogP) is 2.20. The van der Waals surface area contributed by atoms with E-state index in [0.29, 0.717) is 42.6 Å². The summed E-state index contributed by atoms with van der Waals surface area (Å²) in [6.45, 7) is 5.36. The van der Waals surface area contributed by atoms with Crippen molar-refractivity contribution in [2.75, 3.05) is 44.2 Å². The summed E-state index contributed by atoms with van der Waals surface area (Å²) in [5.41, 5.74) is 12.2. The number of para-hydroxylation sites is 1. The van der Waals surface area contributed by atoms with Gasteiger partial charge in [0.25, 0.3) is 5.91 Å². The van der Waals surface area contributed by atoms with Crippen LogP contribution in [-0.2, 0) is 4.79 Å². The minimum absolute atomic E-state index is 0.150. The Hall–Kier alpha value is -4.52. The summed E-state index contributed by atoms with van der Waals surface area (Å²) in [5, 5.41) is 5.16. The molecule has 0 spiro atoms. The number of nitrogens with zero attached hydrogens (tertiary/aromatic N) is 3. The fourth-order valence-corrected chi connectivity index (χ4v) is 5.21. The van der Waals surface area contributed by atoms with E-state index in [2.05, 4.69) is 20.4 Å². The molecule has 218 valence electrons. The van der Waals surface area contributed by atoms with Crippen LogP contribution in [0.4, 0.5) is 24.1 Å². The number of primary amides is 2. The highest BCUT2D eigenvalue weighted by Crippen LogP contribution is 2.36. The highest BCUT2D eigenvalue weighted by atomic mass is 19.1. The lowest BCUT2D eigenvalue weighted by molar-refractivity contribution is -0.115. The van der Waals surface area contributed by atoms with Crippen molar-refractivity contribution in [3.8, 4) is 0 Å². The zero-order valence-corrected chi connectivity index (χ0v) is 22.7. The number of benzene rings is 2. The maximum absolute atomic E-state index is 14.8. The summed E-state index contributed by atoms with van der Waals surface area (Å²) in [6, 6.07) is 6.73. The third kappa shape index (κ3) is 6.46. The third-order valence-electron chi connectivity index (χ3n) is 7.24. The normalized spacial score (nSPS) is 17.8. The highest BCUT2D eigenvalue weighted by Gasteiger charge is 2.42. The number of anilines is 1. The molecule has 1 atom stereocenters. The Morgan fingerprint density at radius 2 is 1.73 bits per heavy atom. The second-order valence-corrected chi connectivity index (χ2v) is 9.77. The van der Waals surface area contributed by atoms with Crippen LogP contribution in [0.5, 0.6) is 0 Å². The molecule has 2 aliphatic rings. The van der Waals surface area contributed by atoms with Crippen LogP contribution in [0.3, 0.4) is 0 Å². The Morgan fingerprint density at radius 1 is 1.02 bits per heavy atom. The molecule has 6 N–H and O–H groups in total. The Bertz CT molecular complexity index is 1370. The fourth-order valence-electron chi connectivity index (χ4n) is 5.21. The van der Waals surface area contributed by atoms with Crippen molar-refractivity contribution in [1.82, 2.24) is 20.4 Å². The number of hydrogen-bond acceptors (Lipinski definition) is 6. The SMILES string of the molecule is CCC1=C(C(N)=O)C(c2ccc(F)cc2F)N(C(=O)NCCCN2CCN(c3ccccc3C(N)=O)CC2)C(=O)N1. The number of amides is 6. The smallest absolute Gasteiger partial charge is 0.330 e. The molecule has 1 fully saturated rings. The Morgan fingerprint density at radius 3 is 2.37 bits per heavy atom. The van der Waals surface area contributed by atoms with Gasteiger partial charge in [-0.15, -0.1) is 0 Å². The van der Waals surface area contributed by atoms with Crippen LogP contribution in [0.2, 0.25) is 0 Å². The van der Waals surface area contributed by atoms with Crippen LogP contribution in [0.25, 0.3) is 0 Å². The molecular weight excluding hydrogens is 536 g/mol. The van der Waals surface area contributed by atoms with E-state index in [-0.39, 0.29) is 29.8 Å². The van der Waals surface area contributed by atoms with Gasteiger partial charge in [0.15, 0.2) is 0 Å². The van der Waals surface area contributed by atoms with Gasteiger partial charge in [0.05, 0.1) is 11.1 Å². The van der Waals surface area contributed by atoms with Gasteiger partial charge < -0.3 is 27.0 Å². The number of hydrogen-bond donors (Lipinski definition) is 4. The first-order chi connectivity index (χ1) is 19.6. The van der Waals surface area contributed by atoms with Crippen molar-refractivity contribution >= 4 is 29.6 Å². The van der Waals surface area contributed by atoms with Gasteiger partial charge in [-0.2, -0.15) is 0 Å². The van der Waals surface area contributed by atoms with Crippen LogP contribution in [0, 0.1) is 11.6 Å². The molecule has 2 aromatic carbocycles. The molecule has 2 aromatic rings.